The quantitative estimate of drug-likeness (QED) is 0.0341. The number of nitrogens with one attached hydrogen (secondary N) is 2. The van der Waals surface area contributed by atoms with E-state index in [-0.39, 0.29) is 35.0 Å². The van der Waals surface area contributed by atoms with Gasteiger partial charge in [0.15, 0.2) is 0 Å². The molecule has 0 saturated carbocycles. The zero-order valence-corrected chi connectivity index (χ0v) is 40.1. The van der Waals surface area contributed by atoms with Crippen LogP contribution in [0.25, 0.3) is 0 Å². The van der Waals surface area contributed by atoms with Crippen LogP contribution < -0.4 is 10.6 Å². The number of isocyanates is 1. The first-order valence-electron chi connectivity index (χ1n) is 22.0. The molecule has 3 aliphatic heterocycles. The average molecular weight is 866 g/mol. The van der Waals surface area contributed by atoms with Gasteiger partial charge < -0.3 is 52.7 Å². The summed E-state index contributed by atoms with van der Waals surface area (Å²) in [5, 5.41) is 14.1. The lowest BCUT2D eigenvalue weighted by atomic mass is 9.84. The molecule has 342 valence electrons. The van der Waals surface area contributed by atoms with Gasteiger partial charge in [-0.25, -0.2) is 19.4 Å². The molecule has 0 aliphatic carbocycles. The Bertz CT molecular complexity index is 1070. The smallest absolute Gasteiger partial charge is 0.449 e. The van der Waals surface area contributed by atoms with Crippen molar-refractivity contribution in [3.05, 3.63) is 0 Å². The van der Waals surface area contributed by atoms with Gasteiger partial charge >= 0.3 is 21.0 Å². The lowest BCUT2D eigenvalue weighted by molar-refractivity contribution is -0.138. The Hall–Kier alpha value is -1.93. The Morgan fingerprint density at radius 2 is 1.09 bits per heavy atom. The first kappa shape index (κ1) is 56.1. The van der Waals surface area contributed by atoms with Crippen molar-refractivity contribution in [3.63, 3.8) is 0 Å². The average Bonchev–Trinajstić information content (AvgIpc) is 3.18. The minimum Gasteiger partial charge on any atom is -0.449 e. The van der Waals surface area contributed by atoms with Gasteiger partial charge in [-0.15, -0.1) is 0 Å². The van der Waals surface area contributed by atoms with Gasteiger partial charge in [0.05, 0.1) is 71.7 Å². The van der Waals surface area contributed by atoms with E-state index >= 15 is 0 Å². The van der Waals surface area contributed by atoms with Crippen molar-refractivity contribution in [1.29, 1.82) is 0 Å². The number of hydrogen-bond acceptors (Lipinski definition) is 13. The number of carbonyl (C=O) groups excluding carboxylic acids is 3. The summed E-state index contributed by atoms with van der Waals surface area (Å²) in [7, 11) is -3.58. The number of amides is 2. The molecule has 3 aliphatic rings. The number of hydrogen-bond donors (Lipinski definition) is 3. The predicted molar refractivity (Wildman–Crippen MR) is 232 cm³/mol. The monoisotopic (exact) mass is 866 g/mol. The molecule has 0 spiro atoms. The highest BCUT2D eigenvalue weighted by Gasteiger charge is 2.41. The molecule has 0 atom stereocenters. The van der Waals surface area contributed by atoms with Gasteiger partial charge in [0.2, 0.25) is 6.08 Å². The fourth-order valence-corrected chi connectivity index (χ4v) is 12.5. The van der Waals surface area contributed by atoms with Crippen molar-refractivity contribution in [3.8, 4) is 0 Å². The first-order chi connectivity index (χ1) is 27.8. The van der Waals surface area contributed by atoms with Crippen molar-refractivity contribution in [2.75, 3.05) is 98.9 Å². The van der Waals surface area contributed by atoms with Gasteiger partial charge in [0, 0.05) is 44.4 Å². The summed E-state index contributed by atoms with van der Waals surface area (Å²) in [4.78, 5) is 36.2. The molecule has 0 radical (unpaired) electrons. The molecule has 3 heterocycles. The molecule has 17 heteroatoms. The van der Waals surface area contributed by atoms with E-state index in [1.165, 1.54) is 24.2 Å². The lowest BCUT2D eigenvalue weighted by Gasteiger charge is -2.39. The van der Waals surface area contributed by atoms with Gasteiger partial charge in [0.1, 0.15) is 13.2 Å². The van der Waals surface area contributed by atoms with Crippen LogP contribution in [0.1, 0.15) is 101 Å². The lowest BCUT2D eigenvalue weighted by Crippen LogP contribution is -2.47. The zero-order valence-electron chi connectivity index (χ0n) is 38.1. The molecule has 58 heavy (non-hydrogen) atoms. The van der Waals surface area contributed by atoms with Gasteiger partial charge in [-0.05, 0) is 59.8 Å². The van der Waals surface area contributed by atoms with E-state index in [9.17, 15) is 14.4 Å². The van der Waals surface area contributed by atoms with Gasteiger partial charge in [-0.3, -0.25) is 0 Å². The van der Waals surface area contributed by atoms with Crippen LogP contribution in [0.3, 0.4) is 0 Å². The summed E-state index contributed by atoms with van der Waals surface area (Å²) in [5.74, 6) is 0. The van der Waals surface area contributed by atoms with Crippen molar-refractivity contribution in [2.45, 2.75) is 132 Å². The van der Waals surface area contributed by atoms with Crippen LogP contribution in [0.4, 0.5) is 9.59 Å². The Labute approximate surface area is 353 Å². The van der Waals surface area contributed by atoms with E-state index in [4.69, 9.17) is 42.1 Å². The van der Waals surface area contributed by atoms with Gasteiger partial charge in [-0.2, -0.15) is 0 Å². The molecule has 0 aromatic rings. The number of nitrogens with zero attached hydrogens (tertiary/aromatic N) is 1. The van der Waals surface area contributed by atoms with Crippen molar-refractivity contribution in [1.82, 2.24) is 10.6 Å². The Balaban J connectivity index is 0.000000810. The molecule has 3 saturated heterocycles. The second-order valence-electron chi connectivity index (χ2n) is 15.5. The minimum absolute atomic E-state index is 0.0122. The van der Waals surface area contributed by atoms with Crippen LogP contribution in [0.15, 0.2) is 4.99 Å². The van der Waals surface area contributed by atoms with Crippen molar-refractivity contribution in [2.24, 2.45) is 21.2 Å². The maximum Gasteiger partial charge on any atom is 0.500 e. The third-order valence-electron chi connectivity index (χ3n) is 11.7. The van der Waals surface area contributed by atoms with Crippen LogP contribution in [0.2, 0.25) is 30.2 Å². The van der Waals surface area contributed by atoms with Crippen molar-refractivity contribution >= 4 is 35.1 Å². The van der Waals surface area contributed by atoms with E-state index in [0.29, 0.717) is 85.1 Å². The third-order valence-corrected chi connectivity index (χ3v) is 20.8. The summed E-state index contributed by atoms with van der Waals surface area (Å²) >= 11 is 0. The minimum atomic E-state index is -2.63. The summed E-state index contributed by atoms with van der Waals surface area (Å²) in [5.41, 5.74) is 0.239. The molecule has 3 fully saturated rings. The SMILES string of the molecule is CCC1(CO)COC1.CCNC(=O)OCC1(CC)COC1.CCO[Si](CCCNC(=O)OCC1(CC)COC1)(OCC)OCC.CC[Si](CC)(CC)CCCN=C=O. The van der Waals surface area contributed by atoms with Crippen LogP contribution in [-0.4, -0.2) is 139 Å². The van der Waals surface area contributed by atoms with Crippen LogP contribution in [0.5, 0.6) is 0 Å². The summed E-state index contributed by atoms with van der Waals surface area (Å²) in [6.07, 6.45) is 5.66. The molecule has 2 amide bonds. The summed E-state index contributed by atoms with van der Waals surface area (Å²) in [6, 6.07) is 6.09. The largest absolute Gasteiger partial charge is 0.500 e. The molecule has 0 aromatic heterocycles. The second-order valence-corrected chi connectivity index (χ2v) is 23.9. The molecule has 15 nitrogen and oxygen atoms in total. The Morgan fingerprint density at radius 3 is 1.38 bits per heavy atom. The Morgan fingerprint density at radius 1 is 0.655 bits per heavy atom. The first-order valence-corrected chi connectivity index (χ1v) is 26.7. The van der Waals surface area contributed by atoms with Gasteiger partial charge in [0.25, 0.3) is 0 Å². The third kappa shape index (κ3) is 21.0. The summed E-state index contributed by atoms with van der Waals surface area (Å²) in [6.45, 7) is 29.7. The highest BCUT2D eigenvalue weighted by Crippen LogP contribution is 2.32. The number of aliphatic hydroxyl groups excluding tert-OH is 1. The number of carbonyl (C=O) groups is 2. The number of alkyl carbamates (subject to hydrolysis) is 2. The molecule has 0 unspecified atom stereocenters. The number of aliphatic hydroxyl groups is 1. The number of ether oxygens (including phenoxy) is 5. The van der Waals surface area contributed by atoms with Crippen LogP contribution in [0, 0.1) is 16.2 Å². The van der Waals surface area contributed by atoms with E-state index < -0.39 is 16.9 Å². The highest BCUT2D eigenvalue weighted by atomic mass is 28.4. The Kier molecular flexibility index (Phi) is 30.8. The topological polar surface area (TPSA) is 182 Å². The van der Waals surface area contributed by atoms with E-state index in [1.807, 2.05) is 27.7 Å². The van der Waals surface area contributed by atoms with Gasteiger partial charge in [-0.1, -0.05) is 65.7 Å². The van der Waals surface area contributed by atoms with Crippen LogP contribution >= 0.6 is 0 Å². The maximum absolute atomic E-state index is 11.8. The second kappa shape index (κ2) is 31.9. The summed E-state index contributed by atoms with van der Waals surface area (Å²) < 4.78 is 43.0. The number of aliphatic imine (C=N–C) groups is 1. The van der Waals surface area contributed by atoms with Crippen molar-refractivity contribution < 1.29 is 56.5 Å². The number of rotatable bonds is 26. The molecular weight excluding hydrogens is 783 g/mol. The maximum atomic E-state index is 11.8. The van der Waals surface area contributed by atoms with E-state index in [0.717, 1.165) is 45.3 Å². The molecular formula is C41H83N3O12Si2. The van der Waals surface area contributed by atoms with E-state index in [1.54, 1.807) is 6.08 Å². The molecule has 0 aromatic carbocycles. The zero-order chi connectivity index (χ0) is 43.8. The molecule has 3 rings (SSSR count). The normalized spacial score (nSPS) is 16.9. The predicted octanol–water partition coefficient (Wildman–Crippen LogP) is 7.36. The highest BCUT2D eigenvalue weighted by molar-refractivity contribution is 6.79. The molecule has 0 bridgehead atoms. The van der Waals surface area contributed by atoms with E-state index in [2.05, 4.69) is 57.2 Å². The molecule has 3 N–H and O–H groups in total. The fourth-order valence-electron chi connectivity index (χ4n) is 6.40. The van der Waals surface area contributed by atoms with Crippen LogP contribution in [-0.2, 0) is 41.8 Å². The fraction of sp³-hybridized carbons (Fsp3) is 0.927. The standard InChI is InChI=1S/C16H33NO6Si.C10H21NOSi.C9H17NO3.C6H12O2/c1-5-16(12-19-13-16)14-20-15(18)17-10-9-11-24(21-6-2,22-7-3)23-8-4;1-4-13(5-2,6-3)9-7-8-11-10-12;1-3-9(5-12-6-9)7-13-8(11)10-4-2;1-2-6(3-7)4-8-5-6/h5-14H2,1-4H3,(H,17,18);4-9H2,1-3H3;3-7H2,1-2H3,(H,10,11);7H,2-5H2,1H3.